The number of Topliss-reactive ketones (excluding diaryl/α,β-unsaturated/α-hetero) is 1. The van der Waals surface area contributed by atoms with Crippen molar-refractivity contribution in [3.8, 4) is 0 Å². The van der Waals surface area contributed by atoms with E-state index in [2.05, 4.69) is 15.9 Å². The molecular weight excluding hydrogens is 329 g/mol. The standard InChI is InChI=1S/C12H12BrF3OS/c1-3-8-5-4-6-9(18-12(14,15)16)10(8)11(13)7(2)17/h4-6,11H,3H2,1-2H3. The van der Waals surface area contributed by atoms with E-state index in [4.69, 9.17) is 0 Å². The summed E-state index contributed by atoms with van der Waals surface area (Å²) >= 11 is 2.99. The predicted octanol–water partition coefficient (Wildman–Crippen LogP) is 4.89. The van der Waals surface area contributed by atoms with Crippen molar-refractivity contribution in [3.05, 3.63) is 29.3 Å². The third-order valence-corrected chi connectivity index (χ3v) is 4.28. The van der Waals surface area contributed by atoms with Gasteiger partial charge in [0, 0.05) is 4.90 Å². The Morgan fingerprint density at radius 3 is 2.50 bits per heavy atom. The van der Waals surface area contributed by atoms with Crippen LogP contribution in [0, 0.1) is 0 Å². The minimum atomic E-state index is -4.36. The Balaban J connectivity index is 3.29. The van der Waals surface area contributed by atoms with Crippen LogP contribution in [-0.2, 0) is 11.2 Å². The summed E-state index contributed by atoms with van der Waals surface area (Å²) in [6.07, 6.45) is 0.580. The number of carbonyl (C=O) groups excluding carboxylic acids is 1. The molecule has 0 aromatic heterocycles. The number of alkyl halides is 4. The van der Waals surface area contributed by atoms with Crippen LogP contribution in [0.3, 0.4) is 0 Å². The molecule has 0 aliphatic rings. The van der Waals surface area contributed by atoms with Crippen LogP contribution in [0.2, 0.25) is 0 Å². The third kappa shape index (κ3) is 4.02. The Hall–Kier alpha value is -0.490. The highest BCUT2D eigenvalue weighted by atomic mass is 79.9. The SMILES string of the molecule is CCc1cccc(SC(F)(F)F)c1C(Br)C(C)=O. The highest BCUT2D eigenvalue weighted by Crippen LogP contribution is 2.43. The van der Waals surface area contributed by atoms with E-state index in [1.807, 2.05) is 6.92 Å². The zero-order chi connectivity index (χ0) is 13.9. The normalized spacial score (nSPS) is 13.4. The average Bonchev–Trinajstić information content (AvgIpc) is 2.25. The van der Waals surface area contributed by atoms with Crippen molar-refractivity contribution in [1.82, 2.24) is 0 Å². The molecule has 0 bridgehead atoms. The first-order valence-electron chi connectivity index (χ1n) is 5.28. The van der Waals surface area contributed by atoms with E-state index in [1.54, 1.807) is 12.1 Å². The molecule has 0 fully saturated rings. The van der Waals surface area contributed by atoms with E-state index in [0.29, 0.717) is 12.0 Å². The largest absolute Gasteiger partial charge is 0.446 e. The van der Waals surface area contributed by atoms with Crippen molar-refractivity contribution in [2.24, 2.45) is 0 Å². The van der Waals surface area contributed by atoms with Gasteiger partial charge in [-0.2, -0.15) is 13.2 Å². The number of halogens is 4. The number of carbonyl (C=O) groups is 1. The fraction of sp³-hybridized carbons (Fsp3) is 0.417. The molecule has 0 saturated heterocycles. The monoisotopic (exact) mass is 340 g/mol. The summed E-state index contributed by atoms with van der Waals surface area (Å²) in [5, 5.41) is 0. The van der Waals surface area contributed by atoms with E-state index in [9.17, 15) is 18.0 Å². The van der Waals surface area contributed by atoms with Gasteiger partial charge in [-0.15, -0.1) is 0 Å². The number of benzene rings is 1. The van der Waals surface area contributed by atoms with Gasteiger partial charge in [0.05, 0.1) is 4.83 Å². The smallest absolute Gasteiger partial charge is 0.298 e. The molecule has 0 heterocycles. The van der Waals surface area contributed by atoms with Crippen LogP contribution in [0.5, 0.6) is 0 Å². The lowest BCUT2D eigenvalue weighted by molar-refractivity contribution is -0.116. The topological polar surface area (TPSA) is 17.1 Å². The molecular formula is C12H12BrF3OS. The van der Waals surface area contributed by atoms with Gasteiger partial charge in [0.2, 0.25) is 0 Å². The molecule has 18 heavy (non-hydrogen) atoms. The summed E-state index contributed by atoms with van der Waals surface area (Å²) in [5.74, 6) is -0.208. The minimum Gasteiger partial charge on any atom is -0.298 e. The van der Waals surface area contributed by atoms with Crippen molar-refractivity contribution in [2.45, 2.75) is 35.5 Å². The van der Waals surface area contributed by atoms with Crippen LogP contribution in [-0.4, -0.2) is 11.3 Å². The lowest BCUT2D eigenvalue weighted by Crippen LogP contribution is -2.08. The van der Waals surface area contributed by atoms with Crippen molar-refractivity contribution in [3.63, 3.8) is 0 Å². The maximum atomic E-state index is 12.5. The van der Waals surface area contributed by atoms with Gasteiger partial charge < -0.3 is 0 Å². The second-order valence-electron chi connectivity index (χ2n) is 3.70. The number of hydrogen-bond donors (Lipinski definition) is 0. The van der Waals surface area contributed by atoms with Gasteiger partial charge in [0.25, 0.3) is 0 Å². The van der Waals surface area contributed by atoms with E-state index in [-0.39, 0.29) is 22.4 Å². The summed E-state index contributed by atoms with van der Waals surface area (Å²) in [6.45, 7) is 3.20. The van der Waals surface area contributed by atoms with Crippen LogP contribution in [0.25, 0.3) is 0 Å². The molecule has 0 radical (unpaired) electrons. The molecule has 0 saturated carbocycles. The van der Waals surface area contributed by atoms with Gasteiger partial charge >= 0.3 is 5.51 Å². The van der Waals surface area contributed by atoms with Gasteiger partial charge in [0.15, 0.2) is 0 Å². The number of ketones is 1. The van der Waals surface area contributed by atoms with Gasteiger partial charge in [-0.1, -0.05) is 35.0 Å². The molecule has 0 N–H and O–H groups in total. The first-order valence-corrected chi connectivity index (χ1v) is 7.01. The molecule has 100 valence electrons. The Morgan fingerprint density at radius 1 is 1.44 bits per heavy atom. The van der Waals surface area contributed by atoms with Crippen LogP contribution in [0.1, 0.15) is 29.8 Å². The van der Waals surface area contributed by atoms with Crippen LogP contribution in [0.4, 0.5) is 13.2 Å². The molecule has 1 rings (SSSR count). The fourth-order valence-corrected chi connectivity index (χ4v) is 3.05. The highest BCUT2D eigenvalue weighted by Gasteiger charge is 2.32. The summed E-state index contributed by atoms with van der Waals surface area (Å²) < 4.78 is 37.5. The molecule has 1 aromatic rings. The number of rotatable bonds is 4. The molecule has 6 heteroatoms. The maximum absolute atomic E-state index is 12.5. The lowest BCUT2D eigenvalue weighted by Gasteiger charge is -2.17. The molecule has 0 spiro atoms. The Labute approximate surface area is 116 Å². The van der Waals surface area contributed by atoms with Crippen LogP contribution >= 0.6 is 27.7 Å². The van der Waals surface area contributed by atoms with Crippen molar-refractivity contribution >= 4 is 33.5 Å². The van der Waals surface area contributed by atoms with Gasteiger partial charge in [-0.25, -0.2) is 0 Å². The van der Waals surface area contributed by atoms with Crippen LogP contribution in [0.15, 0.2) is 23.1 Å². The summed E-state index contributed by atoms with van der Waals surface area (Å²) in [4.78, 5) is 10.8. The maximum Gasteiger partial charge on any atom is 0.446 e. The number of thioether (sulfide) groups is 1. The van der Waals surface area contributed by atoms with Gasteiger partial charge in [0.1, 0.15) is 5.78 Å². The first-order chi connectivity index (χ1) is 8.26. The van der Waals surface area contributed by atoms with E-state index in [1.165, 1.54) is 13.0 Å². The van der Waals surface area contributed by atoms with E-state index in [0.717, 1.165) is 5.56 Å². The first kappa shape index (κ1) is 15.6. The Morgan fingerprint density at radius 2 is 2.06 bits per heavy atom. The van der Waals surface area contributed by atoms with Crippen molar-refractivity contribution in [1.29, 1.82) is 0 Å². The molecule has 1 aromatic carbocycles. The summed E-state index contributed by atoms with van der Waals surface area (Å²) in [7, 11) is 0. The molecule has 1 unspecified atom stereocenters. The van der Waals surface area contributed by atoms with Crippen LogP contribution < -0.4 is 0 Å². The van der Waals surface area contributed by atoms with Crippen molar-refractivity contribution < 1.29 is 18.0 Å². The molecule has 0 amide bonds. The lowest BCUT2D eigenvalue weighted by atomic mass is 10.0. The quantitative estimate of drug-likeness (QED) is 0.573. The molecule has 0 aliphatic heterocycles. The summed E-state index contributed by atoms with van der Waals surface area (Å²) in [5.41, 5.74) is -3.18. The number of hydrogen-bond acceptors (Lipinski definition) is 2. The zero-order valence-corrected chi connectivity index (χ0v) is 12.2. The van der Waals surface area contributed by atoms with Gasteiger partial charge in [-0.05, 0) is 42.3 Å². The molecule has 0 aliphatic carbocycles. The number of aryl methyl sites for hydroxylation is 1. The Kier molecular flexibility index (Phi) is 5.28. The van der Waals surface area contributed by atoms with Gasteiger partial charge in [-0.3, -0.25) is 4.79 Å². The molecule has 1 nitrogen and oxygen atoms in total. The average molecular weight is 341 g/mol. The second kappa shape index (κ2) is 6.10. The highest BCUT2D eigenvalue weighted by molar-refractivity contribution is 9.09. The third-order valence-electron chi connectivity index (χ3n) is 2.37. The Bertz CT molecular complexity index is 445. The minimum absolute atomic E-state index is 0.0823. The van der Waals surface area contributed by atoms with E-state index < -0.39 is 10.3 Å². The second-order valence-corrected chi connectivity index (χ2v) is 5.73. The predicted molar refractivity (Wildman–Crippen MR) is 70.1 cm³/mol. The zero-order valence-electron chi connectivity index (χ0n) is 9.84. The fourth-order valence-electron chi connectivity index (χ4n) is 1.60. The molecule has 1 atom stereocenters. The summed E-state index contributed by atoms with van der Waals surface area (Å²) in [6, 6.07) is 4.72. The van der Waals surface area contributed by atoms with Crippen molar-refractivity contribution in [2.75, 3.05) is 0 Å². The van der Waals surface area contributed by atoms with E-state index >= 15 is 0 Å².